The lowest BCUT2D eigenvalue weighted by Crippen LogP contribution is -2.00. The van der Waals surface area contributed by atoms with E-state index in [0.29, 0.717) is 0 Å². The molecule has 1 aromatic heterocycles. The molecule has 0 bridgehead atoms. The maximum Gasteiger partial charge on any atom is 0.145 e. The highest BCUT2D eigenvalue weighted by molar-refractivity contribution is 5.95. The summed E-state index contributed by atoms with van der Waals surface area (Å²) in [6, 6.07) is 8.06. The van der Waals surface area contributed by atoms with Crippen molar-refractivity contribution < 1.29 is 4.74 Å². The van der Waals surface area contributed by atoms with Crippen molar-refractivity contribution >= 4 is 16.6 Å². The van der Waals surface area contributed by atoms with Gasteiger partial charge >= 0.3 is 0 Å². The highest BCUT2D eigenvalue weighted by Gasteiger charge is 2.06. The van der Waals surface area contributed by atoms with E-state index in [1.165, 1.54) is 0 Å². The number of hydrogen-bond acceptors (Lipinski definition) is 3. The van der Waals surface area contributed by atoms with Gasteiger partial charge in [-0.15, -0.1) is 0 Å². The molecule has 0 aliphatic heterocycles. The third-order valence-corrected chi connectivity index (χ3v) is 2.56. The van der Waals surface area contributed by atoms with Crippen molar-refractivity contribution in [3.05, 3.63) is 30.5 Å². The van der Waals surface area contributed by atoms with Gasteiger partial charge in [-0.1, -0.05) is 6.92 Å². The first-order valence-electron chi connectivity index (χ1n) is 6.11. The van der Waals surface area contributed by atoms with Gasteiger partial charge in [-0.05, 0) is 37.6 Å². The van der Waals surface area contributed by atoms with Gasteiger partial charge in [-0.3, -0.25) is 4.98 Å². The van der Waals surface area contributed by atoms with Crippen LogP contribution in [0.4, 0.5) is 5.69 Å². The van der Waals surface area contributed by atoms with Crippen molar-refractivity contribution in [2.45, 2.75) is 20.3 Å². The van der Waals surface area contributed by atoms with Gasteiger partial charge in [-0.2, -0.15) is 0 Å². The number of ether oxygens (including phenoxy) is 1. The first-order valence-corrected chi connectivity index (χ1v) is 6.11. The smallest absolute Gasteiger partial charge is 0.145 e. The van der Waals surface area contributed by atoms with Gasteiger partial charge < -0.3 is 10.1 Å². The van der Waals surface area contributed by atoms with Gasteiger partial charge in [0.15, 0.2) is 0 Å². The lowest BCUT2D eigenvalue weighted by molar-refractivity contribution is 0.320. The van der Waals surface area contributed by atoms with Crippen LogP contribution in [0.2, 0.25) is 0 Å². The Bertz CT molecular complexity index is 497. The summed E-state index contributed by atoms with van der Waals surface area (Å²) >= 11 is 0. The van der Waals surface area contributed by atoms with Crippen LogP contribution in [0.25, 0.3) is 10.9 Å². The minimum Gasteiger partial charge on any atom is -0.491 e. The SMILES string of the molecule is CCCOc1ccc(NCC)c2cccnc12. The molecule has 0 aliphatic carbocycles. The zero-order valence-electron chi connectivity index (χ0n) is 10.4. The average Bonchev–Trinajstić information content (AvgIpc) is 2.38. The van der Waals surface area contributed by atoms with Crippen molar-refractivity contribution in [2.75, 3.05) is 18.5 Å². The zero-order valence-corrected chi connectivity index (χ0v) is 10.4. The molecule has 0 fully saturated rings. The predicted molar refractivity (Wildman–Crippen MR) is 71.7 cm³/mol. The molecule has 0 saturated heterocycles. The molecule has 17 heavy (non-hydrogen) atoms. The molecule has 0 spiro atoms. The highest BCUT2D eigenvalue weighted by Crippen LogP contribution is 2.29. The average molecular weight is 230 g/mol. The Balaban J connectivity index is 2.46. The molecule has 2 aromatic rings. The van der Waals surface area contributed by atoms with Crippen LogP contribution >= 0.6 is 0 Å². The van der Waals surface area contributed by atoms with Crippen LogP contribution in [-0.4, -0.2) is 18.1 Å². The van der Waals surface area contributed by atoms with Gasteiger partial charge in [0.25, 0.3) is 0 Å². The van der Waals surface area contributed by atoms with Gasteiger partial charge in [0, 0.05) is 23.8 Å². The fourth-order valence-corrected chi connectivity index (χ4v) is 1.82. The Morgan fingerprint density at radius 2 is 2.12 bits per heavy atom. The standard InChI is InChI=1S/C14H18N2O/c1-3-10-17-13-8-7-12(15-4-2)11-6-5-9-16-14(11)13/h5-9,15H,3-4,10H2,1-2H3. The van der Waals surface area contributed by atoms with E-state index < -0.39 is 0 Å². The Labute approximate surface area is 102 Å². The van der Waals surface area contributed by atoms with E-state index in [0.717, 1.165) is 41.9 Å². The van der Waals surface area contributed by atoms with Crippen molar-refractivity contribution in [1.29, 1.82) is 0 Å². The van der Waals surface area contributed by atoms with Crippen LogP contribution in [0.1, 0.15) is 20.3 Å². The molecule has 1 aromatic carbocycles. The van der Waals surface area contributed by atoms with Crippen LogP contribution in [0, 0.1) is 0 Å². The summed E-state index contributed by atoms with van der Waals surface area (Å²) in [5.41, 5.74) is 2.04. The van der Waals surface area contributed by atoms with Crippen LogP contribution < -0.4 is 10.1 Å². The lowest BCUT2D eigenvalue weighted by Gasteiger charge is -2.11. The molecule has 0 unspecified atom stereocenters. The number of hydrogen-bond donors (Lipinski definition) is 1. The molecule has 0 aliphatic rings. The summed E-state index contributed by atoms with van der Waals surface area (Å²) in [6.07, 6.45) is 2.81. The quantitative estimate of drug-likeness (QED) is 0.854. The molecule has 0 atom stereocenters. The maximum absolute atomic E-state index is 5.71. The molecule has 0 saturated carbocycles. The van der Waals surface area contributed by atoms with Crippen LogP contribution in [-0.2, 0) is 0 Å². The summed E-state index contributed by atoms with van der Waals surface area (Å²) in [6.45, 7) is 5.82. The van der Waals surface area contributed by atoms with Gasteiger partial charge in [0.1, 0.15) is 11.3 Å². The molecule has 0 amide bonds. The van der Waals surface area contributed by atoms with E-state index in [2.05, 4.69) is 36.3 Å². The second kappa shape index (κ2) is 5.53. The van der Waals surface area contributed by atoms with Crippen LogP contribution in [0.5, 0.6) is 5.75 Å². The number of fused-ring (bicyclic) bond motifs is 1. The number of nitrogens with one attached hydrogen (secondary N) is 1. The number of pyridine rings is 1. The molecule has 3 nitrogen and oxygen atoms in total. The van der Waals surface area contributed by atoms with E-state index in [9.17, 15) is 0 Å². The second-order valence-corrected chi connectivity index (χ2v) is 3.89. The molecular formula is C14H18N2O. The van der Waals surface area contributed by atoms with Crippen molar-refractivity contribution in [1.82, 2.24) is 4.98 Å². The Kier molecular flexibility index (Phi) is 3.81. The number of aromatic nitrogens is 1. The summed E-state index contributed by atoms with van der Waals surface area (Å²) in [5, 5.41) is 4.45. The lowest BCUT2D eigenvalue weighted by atomic mass is 10.1. The van der Waals surface area contributed by atoms with E-state index >= 15 is 0 Å². The predicted octanol–water partition coefficient (Wildman–Crippen LogP) is 3.46. The van der Waals surface area contributed by atoms with Crippen molar-refractivity contribution in [2.24, 2.45) is 0 Å². The zero-order chi connectivity index (χ0) is 12.1. The molecule has 1 heterocycles. The van der Waals surface area contributed by atoms with Crippen LogP contribution in [0.15, 0.2) is 30.5 Å². The third-order valence-electron chi connectivity index (χ3n) is 2.56. The fourth-order valence-electron chi connectivity index (χ4n) is 1.82. The van der Waals surface area contributed by atoms with Crippen molar-refractivity contribution in [3.8, 4) is 5.75 Å². The van der Waals surface area contributed by atoms with Gasteiger partial charge in [0.05, 0.1) is 6.61 Å². The summed E-state index contributed by atoms with van der Waals surface area (Å²) in [4.78, 5) is 4.41. The molecule has 2 rings (SSSR count). The number of anilines is 1. The maximum atomic E-state index is 5.71. The molecule has 1 N–H and O–H groups in total. The first-order chi connectivity index (χ1) is 8.36. The number of nitrogens with zero attached hydrogens (tertiary/aromatic N) is 1. The van der Waals surface area contributed by atoms with Gasteiger partial charge in [0.2, 0.25) is 0 Å². The Hall–Kier alpha value is -1.77. The largest absolute Gasteiger partial charge is 0.491 e. The monoisotopic (exact) mass is 230 g/mol. The van der Waals surface area contributed by atoms with Gasteiger partial charge in [-0.25, -0.2) is 0 Å². The Morgan fingerprint density at radius 3 is 2.88 bits per heavy atom. The van der Waals surface area contributed by atoms with Crippen molar-refractivity contribution in [3.63, 3.8) is 0 Å². The number of rotatable bonds is 5. The highest BCUT2D eigenvalue weighted by atomic mass is 16.5. The summed E-state index contributed by atoms with van der Waals surface area (Å²) in [7, 11) is 0. The van der Waals surface area contributed by atoms with Crippen LogP contribution in [0.3, 0.4) is 0 Å². The van der Waals surface area contributed by atoms with E-state index in [4.69, 9.17) is 4.74 Å². The topological polar surface area (TPSA) is 34.1 Å². The van der Waals surface area contributed by atoms with E-state index in [1.807, 2.05) is 12.1 Å². The Morgan fingerprint density at radius 1 is 1.24 bits per heavy atom. The van der Waals surface area contributed by atoms with E-state index in [-0.39, 0.29) is 0 Å². The molecule has 0 radical (unpaired) electrons. The number of benzene rings is 1. The molecule has 90 valence electrons. The molecule has 3 heteroatoms. The fraction of sp³-hybridized carbons (Fsp3) is 0.357. The second-order valence-electron chi connectivity index (χ2n) is 3.89. The third kappa shape index (κ3) is 2.49. The minimum absolute atomic E-state index is 0.728. The van der Waals surface area contributed by atoms with E-state index in [1.54, 1.807) is 6.20 Å². The first kappa shape index (κ1) is 11.7. The summed E-state index contributed by atoms with van der Waals surface area (Å²) < 4.78 is 5.71. The molecular weight excluding hydrogens is 212 g/mol. The summed E-state index contributed by atoms with van der Waals surface area (Å²) in [5.74, 6) is 0.865. The minimum atomic E-state index is 0.728. The normalized spacial score (nSPS) is 10.5.